The van der Waals surface area contributed by atoms with Gasteiger partial charge in [-0.1, -0.05) is 11.6 Å². The third kappa shape index (κ3) is 1.52. The zero-order chi connectivity index (χ0) is 8.32. The predicted octanol–water partition coefficient (Wildman–Crippen LogP) is 1.13. The summed E-state index contributed by atoms with van der Waals surface area (Å²) in [5.74, 6) is 0. The van der Waals surface area contributed by atoms with Crippen molar-refractivity contribution in [3.8, 4) is 0 Å². The minimum atomic E-state index is -0.507. The number of nitrogens with one attached hydrogen (secondary N) is 1. The first-order valence-electron chi connectivity index (χ1n) is 3.85. The zero-order valence-corrected chi connectivity index (χ0v) is 6.67. The minimum absolute atomic E-state index is 0.507. The maximum Gasteiger partial charge on any atom is 0.0814 e. The van der Waals surface area contributed by atoms with Crippen LogP contribution in [0.15, 0.2) is 5.16 Å². The van der Waals surface area contributed by atoms with E-state index in [-0.39, 0.29) is 0 Å². The summed E-state index contributed by atoms with van der Waals surface area (Å²) >= 11 is 0. The number of nitrogens with zero attached hydrogens (tertiary/aromatic N) is 1. The molecule has 64 valence electrons. The molecule has 1 aliphatic rings. The van der Waals surface area contributed by atoms with E-state index in [1.807, 2.05) is 6.92 Å². The van der Waals surface area contributed by atoms with Gasteiger partial charge in [0.1, 0.15) is 0 Å². The molecule has 1 unspecified atom stereocenters. The van der Waals surface area contributed by atoms with Crippen molar-refractivity contribution in [3.63, 3.8) is 0 Å². The number of hydrogen-bond donors (Lipinski definition) is 3. The van der Waals surface area contributed by atoms with Crippen molar-refractivity contribution >= 4 is 5.71 Å². The first-order chi connectivity index (χ1) is 5.23. The monoisotopic (exact) mass is 158 g/mol. The Hall–Kier alpha value is -0.610. The van der Waals surface area contributed by atoms with E-state index in [4.69, 9.17) is 10.4 Å². The van der Waals surface area contributed by atoms with Gasteiger partial charge in [-0.2, -0.15) is 5.48 Å². The molecule has 1 fully saturated rings. The zero-order valence-electron chi connectivity index (χ0n) is 6.67. The average molecular weight is 158 g/mol. The van der Waals surface area contributed by atoms with Gasteiger partial charge < -0.3 is 10.4 Å². The molecular formula is C7H14N2O2. The predicted molar refractivity (Wildman–Crippen MR) is 41.0 cm³/mol. The van der Waals surface area contributed by atoms with Crippen LogP contribution < -0.4 is 5.48 Å². The standard InChI is InChI=1S/C7H14N2O2/c1-7(9-11)5-3-2-4-6(7)8-10/h9-11H,2-5H2,1H3/b8-6+. The van der Waals surface area contributed by atoms with Crippen molar-refractivity contribution in [3.05, 3.63) is 0 Å². The van der Waals surface area contributed by atoms with Gasteiger partial charge in [0.2, 0.25) is 0 Å². The van der Waals surface area contributed by atoms with E-state index in [2.05, 4.69) is 10.6 Å². The van der Waals surface area contributed by atoms with Crippen LogP contribution in [0.4, 0.5) is 0 Å². The summed E-state index contributed by atoms with van der Waals surface area (Å²) in [5, 5.41) is 20.6. The largest absolute Gasteiger partial charge is 0.411 e. The molecule has 0 amide bonds. The Bertz CT molecular complexity index is 170. The highest BCUT2D eigenvalue weighted by molar-refractivity contribution is 5.93. The molecule has 3 N–H and O–H groups in total. The summed E-state index contributed by atoms with van der Waals surface area (Å²) in [5.41, 5.74) is 2.33. The Morgan fingerprint density at radius 3 is 2.73 bits per heavy atom. The Balaban J connectivity index is 2.74. The van der Waals surface area contributed by atoms with E-state index in [9.17, 15) is 0 Å². The molecule has 0 aromatic rings. The molecular weight excluding hydrogens is 144 g/mol. The second-order valence-electron chi connectivity index (χ2n) is 3.20. The summed E-state index contributed by atoms with van der Waals surface area (Å²) in [6, 6.07) is 0. The van der Waals surface area contributed by atoms with Gasteiger partial charge in [0.05, 0.1) is 11.3 Å². The van der Waals surface area contributed by atoms with Gasteiger partial charge >= 0.3 is 0 Å². The van der Waals surface area contributed by atoms with Gasteiger partial charge in [0.25, 0.3) is 0 Å². The fourth-order valence-corrected chi connectivity index (χ4v) is 1.47. The highest BCUT2D eigenvalue weighted by atomic mass is 16.5. The Labute approximate surface area is 65.9 Å². The van der Waals surface area contributed by atoms with Crippen LogP contribution in [-0.4, -0.2) is 21.7 Å². The van der Waals surface area contributed by atoms with E-state index in [0.29, 0.717) is 5.71 Å². The molecule has 0 radical (unpaired) electrons. The SMILES string of the molecule is CC1(NO)CCCC/C1=N\O. The molecule has 1 rings (SSSR count). The molecule has 0 spiro atoms. The van der Waals surface area contributed by atoms with Crippen molar-refractivity contribution in [2.75, 3.05) is 0 Å². The maximum atomic E-state index is 8.81. The molecule has 0 heterocycles. The number of hydrogen-bond acceptors (Lipinski definition) is 4. The van der Waals surface area contributed by atoms with E-state index < -0.39 is 5.54 Å². The topological polar surface area (TPSA) is 64.8 Å². The molecule has 4 nitrogen and oxygen atoms in total. The molecule has 1 atom stereocenters. The van der Waals surface area contributed by atoms with E-state index in [0.717, 1.165) is 25.7 Å². The van der Waals surface area contributed by atoms with Gasteiger partial charge in [0.15, 0.2) is 0 Å². The van der Waals surface area contributed by atoms with E-state index >= 15 is 0 Å². The Morgan fingerprint density at radius 2 is 2.27 bits per heavy atom. The lowest BCUT2D eigenvalue weighted by molar-refractivity contribution is 0.0933. The van der Waals surface area contributed by atoms with Gasteiger partial charge in [0, 0.05) is 0 Å². The second-order valence-corrected chi connectivity index (χ2v) is 3.20. The van der Waals surface area contributed by atoms with Gasteiger partial charge in [-0.15, -0.1) is 0 Å². The molecule has 1 saturated carbocycles. The van der Waals surface area contributed by atoms with Gasteiger partial charge in [-0.3, -0.25) is 0 Å². The molecule has 4 heteroatoms. The minimum Gasteiger partial charge on any atom is -0.411 e. The van der Waals surface area contributed by atoms with Crippen LogP contribution in [0.2, 0.25) is 0 Å². The third-order valence-electron chi connectivity index (χ3n) is 2.34. The maximum absolute atomic E-state index is 8.81. The quantitative estimate of drug-likeness (QED) is 0.396. The van der Waals surface area contributed by atoms with Crippen LogP contribution in [0.3, 0.4) is 0 Å². The van der Waals surface area contributed by atoms with Crippen molar-refractivity contribution < 1.29 is 10.4 Å². The fraction of sp³-hybridized carbons (Fsp3) is 0.857. The van der Waals surface area contributed by atoms with E-state index in [1.165, 1.54) is 0 Å². The molecule has 1 aliphatic carbocycles. The smallest absolute Gasteiger partial charge is 0.0814 e. The molecule has 11 heavy (non-hydrogen) atoms. The van der Waals surface area contributed by atoms with Crippen LogP contribution in [0.25, 0.3) is 0 Å². The summed E-state index contributed by atoms with van der Waals surface area (Å²) < 4.78 is 0. The molecule has 0 bridgehead atoms. The lowest BCUT2D eigenvalue weighted by Crippen LogP contribution is -2.49. The van der Waals surface area contributed by atoms with Crippen molar-refractivity contribution in [1.29, 1.82) is 0 Å². The Kier molecular flexibility index (Phi) is 2.46. The lowest BCUT2D eigenvalue weighted by atomic mass is 9.82. The van der Waals surface area contributed by atoms with Gasteiger partial charge in [-0.05, 0) is 26.2 Å². The first-order valence-corrected chi connectivity index (χ1v) is 3.85. The number of oxime groups is 1. The summed E-state index contributed by atoms with van der Waals surface area (Å²) in [4.78, 5) is 0. The van der Waals surface area contributed by atoms with Crippen molar-refractivity contribution in [1.82, 2.24) is 5.48 Å². The lowest BCUT2D eigenvalue weighted by Gasteiger charge is -2.32. The van der Waals surface area contributed by atoms with Crippen LogP contribution in [-0.2, 0) is 0 Å². The Morgan fingerprint density at radius 1 is 1.55 bits per heavy atom. The van der Waals surface area contributed by atoms with Crippen molar-refractivity contribution in [2.24, 2.45) is 5.16 Å². The highest BCUT2D eigenvalue weighted by Crippen LogP contribution is 2.24. The normalized spacial score (nSPS) is 36.0. The summed E-state index contributed by atoms with van der Waals surface area (Å²) in [6.07, 6.45) is 3.68. The van der Waals surface area contributed by atoms with Crippen LogP contribution in [0, 0.1) is 0 Å². The van der Waals surface area contributed by atoms with Crippen LogP contribution in [0.1, 0.15) is 32.6 Å². The number of hydroxylamine groups is 1. The van der Waals surface area contributed by atoms with Crippen molar-refractivity contribution in [2.45, 2.75) is 38.1 Å². The molecule has 0 aromatic carbocycles. The average Bonchev–Trinajstić information content (AvgIpc) is 2.05. The highest BCUT2D eigenvalue weighted by Gasteiger charge is 2.32. The van der Waals surface area contributed by atoms with E-state index in [1.54, 1.807) is 0 Å². The first kappa shape index (κ1) is 8.49. The van der Waals surface area contributed by atoms with Gasteiger partial charge in [-0.25, -0.2) is 0 Å². The fourth-order valence-electron chi connectivity index (χ4n) is 1.47. The second kappa shape index (κ2) is 3.19. The molecule has 0 aliphatic heterocycles. The number of rotatable bonds is 1. The third-order valence-corrected chi connectivity index (χ3v) is 2.34. The molecule has 0 saturated heterocycles. The van der Waals surface area contributed by atoms with Crippen LogP contribution in [0.5, 0.6) is 0 Å². The summed E-state index contributed by atoms with van der Waals surface area (Å²) in [7, 11) is 0. The van der Waals surface area contributed by atoms with Crippen LogP contribution >= 0.6 is 0 Å². The summed E-state index contributed by atoms with van der Waals surface area (Å²) in [6.45, 7) is 1.83. The molecule has 0 aromatic heterocycles.